The maximum absolute atomic E-state index is 12.9. The van der Waals surface area contributed by atoms with E-state index in [1.54, 1.807) is 12.1 Å². The second-order valence-electron chi connectivity index (χ2n) is 6.10. The van der Waals surface area contributed by atoms with Crippen molar-refractivity contribution < 1.29 is 13.7 Å². The molecule has 1 aliphatic carbocycles. The summed E-state index contributed by atoms with van der Waals surface area (Å²) in [6, 6.07) is 15.8. The third-order valence-electron chi connectivity index (χ3n) is 4.33. The predicted molar refractivity (Wildman–Crippen MR) is 88.8 cm³/mol. The largest absolute Gasteiger partial charge is 0.348 e. The summed E-state index contributed by atoms with van der Waals surface area (Å²) in [6.45, 7) is 0.210. The number of nitrogens with one attached hydrogen (secondary N) is 1. The molecule has 126 valence electrons. The molecule has 6 heteroatoms. The standard InChI is InChI=1S/C19H16FN3O2/c20-14-8-6-13(7-9-14)19-22-17(23-25-19)11-21-18(24)16-10-15(16)12-4-2-1-3-5-12/h1-9,15-16H,10-11H2,(H,21,24). The number of aromatic nitrogens is 2. The molecule has 2 aromatic carbocycles. The lowest BCUT2D eigenvalue weighted by atomic mass is 10.1. The number of nitrogens with zero attached hydrogens (tertiary/aromatic N) is 2. The lowest BCUT2D eigenvalue weighted by Gasteiger charge is -2.02. The zero-order valence-corrected chi connectivity index (χ0v) is 13.4. The van der Waals surface area contributed by atoms with Gasteiger partial charge in [-0.15, -0.1) is 0 Å². The van der Waals surface area contributed by atoms with Gasteiger partial charge in [0.15, 0.2) is 5.82 Å². The van der Waals surface area contributed by atoms with Gasteiger partial charge >= 0.3 is 0 Å². The molecular weight excluding hydrogens is 321 g/mol. The molecule has 1 aliphatic rings. The van der Waals surface area contributed by atoms with Gasteiger partial charge in [-0.2, -0.15) is 4.98 Å². The minimum absolute atomic E-state index is 0.00184. The average molecular weight is 337 g/mol. The highest BCUT2D eigenvalue weighted by Gasteiger charge is 2.43. The normalized spacial score (nSPS) is 18.8. The van der Waals surface area contributed by atoms with Gasteiger partial charge in [0.2, 0.25) is 5.91 Å². The van der Waals surface area contributed by atoms with Crippen LogP contribution in [0.1, 0.15) is 23.7 Å². The fourth-order valence-corrected chi connectivity index (χ4v) is 2.89. The molecule has 2 atom stereocenters. The van der Waals surface area contributed by atoms with Gasteiger partial charge in [0.25, 0.3) is 5.89 Å². The van der Waals surface area contributed by atoms with Crippen LogP contribution in [0.25, 0.3) is 11.5 Å². The van der Waals surface area contributed by atoms with E-state index in [4.69, 9.17) is 4.52 Å². The van der Waals surface area contributed by atoms with Crippen molar-refractivity contribution in [2.45, 2.75) is 18.9 Å². The van der Waals surface area contributed by atoms with Crippen LogP contribution in [0.5, 0.6) is 0 Å². The van der Waals surface area contributed by atoms with Gasteiger partial charge in [0.05, 0.1) is 6.54 Å². The first-order valence-electron chi connectivity index (χ1n) is 8.12. The number of hydrogen-bond donors (Lipinski definition) is 1. The highest BCUT2D eigenvalue weighted by molar-refractivity contribution is 5.82. The van der Waals surface area contributed by atoms with Gasteiger partial charge in [-0.3, -0.25) is 4.79 Å². The summed E-state index contributed by atoms with van der Waals surface area (Å²) in [4.78, 5) is 16.5. The molecule has 25 heavy (non-hydrogen) atoms. The Morgan fingerprint density at radius 3 is 2.68 bits per heavy atom. The number of carbonyl (C=O) groups is 1. The second kappa shape index (κ2) is 6.47. The Morgan fingerprint density at radius 2 is 1.92 bits per heavy atom. The van der Waals surface area contributed by atoms with E-state index >= 15 is 0 Å². The fourth-order valence-electron chi connectivity index (χ4n) is 2.89. The van der Waals surface area contributed by atoms with Crippen LogP contribution in [0, 0.1) is 11.7 Å². The Hall–Kier alpha value is -3.02. The van der Waals surface area contributed by atoms with Crippen molar-refractivity contribution in [1.82, 2.24) is 15.5 Å². The van der Waals surface area contributed by atoms with Crippen LogP contribution in [0.3, 0.4) is 0 Å². The molecule has 2 unspecified atom stereocenters. The summed E-state index contributed by atoms with van der Waals surface area (Å²) in [5.74, 6) is 0.671. The van der Waals surface area contributed by atoms with Crippen molar-refractivity contribution in [3.63, 3.8) is 0 Å². The second-order valence-corrected chi connectivity index (χ2v) is 6.10. The number of amides is 1. The van der Waals surface area contributed by atoms with Crippen molar-refractivity contribution >= 4 is 5.91 Å². The molecule has 1 amide bonds. The summed E-state index contributed by atoms with van der Waals surface area (Å²) < 4.78 is 18.1. The van der Waals surface area contributed by atoms with E-state index in [1.807, 2.05) is 30.3 Å². The monoisotopic (exact) mass is 337 g/mol. The van der Waals surface area contributed by atoms with E-state index in [0.717, 1.165) is 6.42 Å². The number of rotatable bonds is 5. The fraction of sp³-hybridized carbons (Fsp3) is 0.211. The third kappa shape index (κ3) is 3.42. The van der Waals surface area contributed by atoms with Crippen LogP contribution in [-0.2, 0) is 11.3 Å². The Kier molecular flexibility index (Phi) is 4.01. The van der Waals surface area contributed by atoms with Gasteiger partial charge in [0.1, 0.15) is 5.82 Å². The first kappa shape index (κ1) is 15.5. The third-order valence-corrected chi connectivity index (χ3v) is 4.33. The SMILES string of the molecule is O=C(NCc1noc(-c2ccc(F)cc2)n1)C1CC1c1ccccc1. The van der Waals surface area contributed by atoms with Crippen LogP contribution in [0.4, 0.5) is 4.39 Å². The molecule has 1 saturated carbocycles. The van der Waals surface area contributed by atoms with E-state index in [-0.39, 0.29) is 24.2 Å². The number of benzene rings is 2. The number of carbonyl (C=O) groups excluding carboxylic acids is 1. The van der Waals surface area contributed by atoms with Gasteiger partial charge in [-0.05, 0) is 42.2 Å². The van der Waals surface area contributed by atoms with Gasteiger partial charge in [-0.25, -0.2) is 4.39 Å². The van der Waals surface area contributed by atoms with Gasteiger partial charge in [-0.1, -0.05) is 35.5 Å². The molecule has 0 radical (unpaired) electrons. The maximum Gasteiger partial charge on any atom is 0.257 e. The zero-order chi connectivity index (χ0) is 17.2. The topological polar surface area (TPSA) is 68.0 Å². The van der Waals surface area contributed by atoms with E-state index in [2.05, 4.69) is 15.5 Å². The van der Waals surface area contributed by atoms with Crippen LogP contribution in [0.2, 0.25) is 0 Å². The average Bonchev–Trinajstić information content (AvgIpc) is 3.32. The van der Waals surface area contributed by atoms with Crippen LogP contribution < -0.4 is 5.32 Å². The molecule has 1 fully saturated rings. The van der Waals surface area contributed by atoms with Gasteiger partial charge < -0.3 is 9.84 Å². The van der Waals surface area contributed by atoms with Crippen LogP contribution >= 0.6 is 0 Å². The molecule has 0 bridgehead atoms. The van der Waals surface area contributed by atoms with Gasteiger partial charge in [0, 0.05) is 11.5 Å². The number of halogens is 1. The number of hydrogen-bond acceptors (Lipinski definition) is 4. The summed E-state index contributed by atoms with van der Waals surface area (Å²) >= 11 is 0. The highest BCUT2D eigenvalue weighted by atomic mass is 19.1. The van der Waals surface area contributed by atoms with Crippen molar-refractivity contribution in [2.75, 3.05) is 0 Å². The van der Waals surface area contributed by atoms with E-state index < -0.39 is 0 Å². The lowest BCUT2D eigenvalue weighted by molar-refractivity contribution is -0.122. The smallest absolute Gasteiger partial charge is 0.257 e. The maximum atomic E-state index is 12.9. The van der Waals surface area contributed by atoms with E-state index in [0.29, 0.717) is 23.2 Å². The molecule has 1 N–H and O–H groups in total. The first-order chi connectivity index (χ1) is 12.2. The summed E-state index contributed by atoms with van der Waals surface area (Å²) in [7, 11) is 0. The lowest BCUT2D eigenvalue weighted by Crippen LogP contribution is -2.25. The van der Waals surface area contributed by atoms with Crippen molar-refractivity contribution in [2.24, 2.45) is 5.92 Å². The molecule has 5 nitrogen and oxygen atoms in total. The molecule has 1 heterocycles. The minimum atomic E-state index is -0.326. The zero-order valence-electron chi connectivity index (χ0n) is 13.4. The Labute approximate surface area is 143 Å². The predicted octanol–water partition coefficient (Wildman–Crippen LogP) is 3.30. The summed E-state index contributed by atoms with van der Waals surface area (Å²) in [5, 5.41) is 6.70. The Bertz CT molecular complexity index is 877. The first-order valence-corrected chi connectivity index (χ1v) is 8.12. The van der Waals surface area contributed by atoms with Crippen LogP contribution in [0.15, 0.2) is 59.1 Å². The van der Waals surface area contributed by atoms with Crippen molar-refractivity contribution in [3.05, 3.63) is 71.8 Å². The summed E-state index contributed by atoms with van der Waals surface area (Å²) in [6.07, 6.45) is 0.864. The molecule has 0 aliphatic heterocycles. The molecule has 3 aromatic rings. The molecule has 4 rings (SSSR count). The van der Waals surface area contributed by atoms with Crippen molar-refractivity contribution in [1.29, 1.82) is 0 Å². The minimum Gasteiger partial charge on any atom is -0.348 e. The molecule has 0 spiro atoms. The highest BCUT2D eigenvalue weighted by Crippen LogP contribution is 2.47. The van der Waals surface area contributed by atoms with E-state index in [9.17, 15) is 9.18 Å². The molecule has 0 saturated heterocycles. The Morgan fingerprint density at radius 1 is 1.16 bits per heavy atom. The Balaban J connectivity index is 1.33. The van der Waals surface area contributed by atoms with Crippen LogP contribution in [-0.4, -0.2) is 16.0 Å². The summed E-state index contributed by atoms with van der Waals surface area (Å²) in [5.41, 5.74) is 1.83. The van der Waals surface area contributed by atoms with E-state index in [1.165, 1.54) is 17.7 Å². The molecular formula is C19H16FN3O2. The quantitative estimate of drug-likeness (QED) is 0.776. The molecule has 1 aromatic heterocycles. The van der Waals surface area contributed by atoms with Crippen molar-refractivity contribution in [3.8, 4) is 11.5 Å².